The lowest BCUT2D eigenvalue weighted by atomic mass is 10.1. The van der Waals surface area contributed by atoms with Gasteiger partial charge in [-0.25, -0.2) is 5.48 Å². The lowest BCUT2D eigenvalue weighted by Crippen LogP contribution is -2.27. The molecule has 0 unspecified atom stereocenters. The summed E-state index contributed by atoms with van der Waals surface area (Å²) in [5.41, 5.74) is 1.61. The Balaban J connectivity index is 1.93. The minimum Gasteiger partial charge on any atom is -0.343 e. The average Bonchev–Trinajstić information content (AvgIpc) is 2.86. The van der Waals surface area contributed by atoms with Crippen LogP contribution in [0.1, 0.15) is 51.4 Å². The number of likely N-dealkylation sites (tertiary alicyclic amines) is 1. The quantitative estimate of drug-likeness (QED) is 0.403. The minimum absolute atomic E-state index is 0.274. The van der Waals surface area contributed by atoms with Crippen molar-refractivity contribution in [2.24, 2.45) is 0 Å². The third kappa shape index (κ3) is 5.68. The SMILES string of the molecule is O=C(CCCCCCC(=O)N1CCCC1)NO. The molecule has 1 rings (SSSR count). The zero-order chi connectivity index (χ0) is 12.5. The van der Waals surface area contributed by atoms with Crippen molar-refractivity contribution in [2.45, 2.75) is 51.4 Å². The van der Waals surface area contributed by atoms with Gasteiger partial charge in [0, 0.05) is 25.9 Å². The molecule has 0 aromatic heterocycles. The molecule has 17 heavy (non-hydrogen) atoms. The van der Waals surface area contributed by atoms with Crippen molar-refractivity contribution >= 4 is 11.8 Å². The fraction of sp³-hybridized carbons (Fsp3) is 0.833. The molecule has 0 saturated carbocycles. The largest absolute Gasteiger partial charge is 0.343 e. The van der Waals surface area contributed by atoms with E-state index in [2.05, 4.69) is 0 Å². The first-order valence-corrected chi connectivity index (χ1v) is 6.45. The summed E-state index contributed by atoms with van der Waals surface area (Å²) < 4.78 is 0. The Kier molecular flexibility index (Phi) is 6.62. The second kappa shape index (κ2) is 8.06. The molecule has 5 heteroatoms. The first kappa shape index (κ1) is 14.0. The monoisotopic (exact) mass is 242 g/mol. The van der Waals surface area contributed by atoms with E-state index in [0.29, 0.717) is 12.8 Å². The van der Waals surface area contributed by atoms with E-state index in [1.807, 2.05) is 4.90 Å². The Morgan fingerprint density at radius 3 is 2.18 bits per heavy atom. The van der Waals surface area contributed by atoms with E-state index in [-0.39, 0.29) is 11.8 Å². The van der Waals surface area contributed by atoms with E-state index in [1.165, 1.54) is 0 Å². The van der Waals surface area contributed by atoms with Crippen LogP contribution in [0.3, 0.4) is 0 Å². The van der Waals surface area contributed by atoms with Crippen LogP contribution in [-0.2, 0) is 9.59 Å². The number of rotatable bonds is 7. The molecule has 2 amide bonds. The molecule has 0 bridgehead atoms. The highest BCUT2D eigenvalue weighted by atomic mass is 16.5. The van der Waals surface area contributed by atoms with Gasteiger partial charge in [-0.2, -0.15) is 0 Å². The number of hydroxylamine groups is 1. The summed E-state index contributed by atoms with van der Waals surface area (Å²) in [6.45, 7) is 1.85. The molecule has 1 saturated heterocycles. The van der Waals surface area contributed by atoms with E-state index in [9.17, 15) is 9.59 Å². The Morgan fingerprint density at radius 2 is 1.59 bits per heavy atom. The lowest BCUT2D eigenvalue weighted by Gasteiger charge is -2.14. The van der Waals surface area contributed by atoms with Crippen molar-refractivity contribution in [1.82, 2.24) is 10.4 Å². The summed E-state index contributed by atoms with van der Waals surface area (Å²) >= 11 is 0. The first-order chi connectivity index (χ1) is 8.24. The van der Waals surface area contributed by atoms with Crippen LogP contribution >= 0.6 is 0 Å². The molecule has 0 aliphatic carbocycles. The van der Waals surface area contributed by atoms with Gasteiger partial charge >= 0.3 is 0 Å². The fourth-order valence-corrected chi connectivity index (χ4v) is 2.10. The van der Waals surface area contributed by atoms with Crippen molar-refractivity contribution in [3.8, 4) is 0 Å². The summed E-state index contributed by atoms with van der Waals surface area (Å²) in [5, 5.41) is 8.28. The van der Waals surface area contributed by atoms with E-state index in [0.717, 1.165) is 51.6 Å². The number of amides is 2. The zero-order valence-corrected chi connectivity index (χ0v) is 10.3. The molecule has 0 radical (unpaired) electrons. The van der Waals surface area contributed by atoms with E-state index < -0.39 is 0 Å². The van der Waals surface area contributed by atoms with Gasteiger partial charge in [-0.05, 0) is 25.7 Å². The standard InChI is InChI=1S/C12H22N2O3/c15-11(13-17)7-3-1-2-4-8-12(16)14-9-5-6-10-14/h17H,1-10H2,(H,13,15). The first-order valence-electron chi connectivity index (χ1n) is 6.45. The van der Waals surface area contributed by atoms with Crippen LogP contribution < -0.4 is 5.48 Å². The van der Waals surface area contributed by atoms with Crippen molar-refractivity contribution in [2.75, 3.05) is 13.1 Å². The molecular weight excluding hydrogens is 220 g/mol. The Labute approximate surface area is 102 Å². The molecule has 0 aromatic carbocycles. The Bertz CT molecular complexity index is 250. The number of carbonyl (C=O) groups excluding carboxylic acids is 2. The number of nitrogens with zero attached hydrogens (tertiary/aromatic N) is 1. The molecule has 1 heterocycles. The maximum atomic E-state index is 11.7. The zero-order valence-electron chi connectivity index (χ0n) is 10.3. The van der Waals surface area contributed by atoms with Gasteiger partial charge in [-0.15, -0.1) is 0 Å². The van der Waals surface area contributed by atoms with E-state index >= 15 is 0 Å². The maximum absolute atomic E-state index is 11.7. The molecule has 1 fully saturated rings. The van der Waals surface area contributed by atoms with Gasteiger partial charge in [-0.1, -0.05) is 12.8 Å². The number of carbonyl (C=O) groups is 2. The molecule has 1 aliphatic rings. The summed E-state index contributed by atoms with van der Waals surface area (Å²) in [7, 11) is 0. The number of nitrogens with one attached hydrogen (secondary N) is 1. The van der Waals surface area contributed by atoms with Crippen LogP contribution in [0.15, 0.2) is 0 Å². The van der Waals surface area contributed by atoms with Crippen LogP contribution in [-0.4, -0.2) is 35.0 Å². The van der Waals surface area contributed by atoms with Gasteiger partial charge < -0.3 is 4.90 Å². The van der Waals surface area contributed by atoms with Crippen LogP contribution in [0.25, 0.3) is 0 Å². The summed E-state index contributed by atoms with van der Waals surface area (Å²) in [4.78, 5) is 24.3. The second-order valence-electron chi connectivity index (χ2n) is 4.54. The smallest absolute Gasteiger partial charge is 0.243 e. The molecule has 0 spiro atoms. The second-order valence-corrected chi connectivity index (χ2v) is 4.54. The predicted octanol–water partition coefficient (Wildman–Crippen LogP) is 1.45. The van der Waals surface area contributed by atoms with E-state index in [4.69, 9.17) is 5.21 Å². The molecule has 5 nitrogen and oxygen atoms in total. The van der Waals surface area contributed by atoms with Crippen molar-refractivity contribution < 1.29 is 14.8 Å². The predicted molar refractivity (Wildman–Crippen MR) is 63.4 cm³/mol. The lowest BCUT2D eigenvalue weighted by molar-refractivity contribution is -0.130. The number of hydrogen-bond acceptors (Lipinski definition) is 3. The van der Waals surface area contributed by atoms with Crippen molar-refractivity contribution in [3.63, 3.8) is 0 Å². The topological polar surface area (TPSA) is 69.6 Å². The van der Waals surface area contributed by atoms with Gasteiger partial charge in [0.05, 0.1) is 0 Å². The maximum Gasteiger partial charge on any atom is 0.243 e. The highest BCUT2D eigenvalue weighted by molar-refractivity contribution is 5.76. The summed E-state index contributed by atoms with van der Waals surface area (Å²) in [5.74, 6) is -0.0613. The molecular formula is C12H22N2O3. The average molecular weight is 242 g/mol. The fourth-order valence-electron chi connectivity index (χ4n) is 2.10. The Hall–Kier alpha value is -1.10. The minimum atomic E-state index is -0.335. The number of hydrogen-bond donors (Lipinski definition) is 2. The molecule has 0 atom stereocenters. The van der Waals surface area contributed by atoms with Crippen LogP contribution in [0, 0.1) is 0 Å². The highest BCUT2D eigenvalue weighted by Crippen LogP contribution is 2.12. The van der Waals surface area contributed by atoms with Gasteiger partial charge in [0.25, 0.3) is 0 Å². The normalized spacial score (nSPS) is 15.0. The molecule has 0 aromatic rings. The van der Waals surface area contributed by atoms with Gasteiger partial charge in [0.1, 0.15) is 0 Å². The summed E-state index contributed by atoms with van der Waals surface area (Å²) in [6, 6.07) is 0. The summed E-state index contributed by atoms with van der Waals surface area (Å²) in [6.07, 6.45) is 6.84. The van der Waals surface area contributed by atoms with Crippen LogP contribution in [0.5, 0.6) is 0 Å². The van der Waals surface area contributed by atoms with Crippen LogP contribution in [0.4, 0.5) is 0 Å². The third-order valence-electron chi connectivity index (χ3n) is 3.13. The number of unbranched alkanes of at least 4 members (excludes halogenated alkanes) is 3. The van der Waals surface area contributed by atoms with E-state index in [1.54, 1.807) is 5.48 Å². The molecule has 1 aliphatic heterocycles. The van der Waals surface area contributed by atoms with Crippen molar-refractivity contribution in [1.29, 1.82) is 0 Å². The van der Waals surface area contributed by atoms with Gasteiger partial charge in [0.15, 0.2) is 0 Å². The molecule has 2 N–H and O–H groups in total. The van der Waals surface area contributed by atoms with Gasteiger partial charge in [-0.3, -0.25) is 14.8 Å². The Morgan fingerprint density at radius 1 is 1.00 bits per heavy atom. The third-order valence-corrected chi connectivity index (χ3v) is 3.13. The molecule has 98 valence electrons. The highest BCUT2D eigenvalue weighted by Gasteiger charge is 2.16. The van der Waals surface area contributed by atoms with Crippen molar-refractivity contribution in [3.05, 3.63) is 0 Å². The van der Waals surface area contributed by atoms with Crippen LogP contribution in [0.2, 0.25) is 0 Å². The van der Waals surface area contributed by atoms with Gasteiger partial charge in [0.2, 0.25) is 11.8 Å².